The number of anilines is 1. The second-order valence-corrected chi connectivity index (χ2v) is 10.5. The van der Waals surface area contributed by atoms with E-state index in [1.165, 1.54) is 38.5 Å². The summed E-state index contributed by atoms with van der Waals surface area (Å²) in [5.41, 5.74) is 2.22. The van der Waals surface area contributed by atoms with Crippen LogP contribution < -0.4 is 16.0 Å². The van der Waals surface area contributed by atoms with E-state index in [4.69, 9.17) is 0 Å². The van der Waals surface area contributed by atoms with Gasteiger partial charge < -0.3 is 16.0 Å². The van der Waals surface area contributed by atoms with E-state index in [0.717, 1.165) is 23.3 Å². The molecular formula is C27H32N4O3. The Morgan fingerprint density at radius 1 is 0.882 bits per heavy atom. The number of benzene rings is 1. The Bertz CT molecular complexity index is 1030. The van der Waals surface area contributed by atoms with Gasteiger partial charge in [-0.1, -0.05) is 12.1 Å². The average Bonchev–Trinajstić information content (AvgIpc) is 2.81. The van der Waals surface area contributed by atoms with E-state index >= 15 is 0 Å². The summed E-state index contributed by atoms with van der Waals surface area (Å²) in [4.78, 5) is 41.2. The molecule has 7 nitrogen and oxygen atoms in total. The summed E-state index contributed by atoms with van der Waals surface area (Å²) in [6, 6.07) is 10.6. The van der Waals surface area contributed by atoms with E-state index in [9.17, 15) is 14.4 Å². The number of hydrogen-bond acceptors (Lipinski definition) is 4. The lowest BCUT2D eigenvalue weighted by molar-refractivity contribution is -0.131. The maximum absolute atomic E-state index is 12.6. The van der Waals surface area contributed by atoms with E-state index in [1.54, 1.807) is 30.6 Å². The molecule has 4 saturated carbocycles. The highest BCUT2D eigenvalue weighted by atomic mass is 16.2. The van der Waals surface area contributed by atoms with Crippen molar-refractivity contribution in [2.75, 3.05) is 11.9 Å². The van der Waals surface area contributed by atoms with Gasteiger partial charge in [0.2, 0.25) is 11.8 Å². The van der Waals surface area contributed by atoms with Crippen LogP contribution in [0.2, 0.25) is 0 Å². The standard InChI is InChI=1S/C27H32N4O3/c32-24(15-27-12-19-8-20(13-27)10-21(9-19)14-27)30-17-25(33)29-16-18-2-1-3-23(11-18)31-26(34)22-4-6-28-7-5-22/h1-7,11,19-21H,8-10,12-17H2,(H,29,33)(H,30,32)(H,31,34). The summed E-state index contributed by atoms with van der Waals surface area (Å²) >= 11 is 0. The van der Waals surface area contributed by atoms with E-state index in [-0.39, 0.29) is 29.7 Å². The van der Waals surface area contributed by atoms with Crippen LogP contribution in [0, 0.1) is 23.2 Å². The van der Waals surface area contributed by atoms with Crippen LogP contribution in [-0.4, -0.2) is 29.3 Å². The minimum atomic E-state index is -0.218. The zero-order valence-corrected chi connectivity index (χ0v) is 19.4. The zero-order chi connectivity index (χ0) is 23.5. The van der Waals surface area contributed by atoms with E-state index in [1.807, 2.05) is 18.2 Å². The smallest absolute Gasteiger partial charge is 0.255 e. The second kappa shape index (κ2) is 9.57. The van der Waals surface area contributed by atoms with Gasteiger partial charge >= 0.3 is 0 Å². The van der Waals surface area contributed by atoms with E-state index in [2.05, 4.69) is 20.9 Å². The highest BCUT2D eigenvalue weighted by molar-refractivity contribution is 6.04. The van der Waals surface area contributed by atoms with Crippen molar-refractivity contribution in [1.29, 1.82) is 0 Å². The Kier molecular flexibility index (Phi) is 6.35. The van der Waals surface area contributed by atoms with Crippen molar-refractivity contribution in [3.05, 3.63) is 59.9 Å². The molecule has 0 unspecified atom stereocenters. The molecular weight excluding hydrogens is 428 g/mol. The van der Waals surface area contributed by atoms with Crippen molar-refractivity contribution in [2.45, 2.75) is 51.5 Å². The molecule has 1 heterocycles. The summed E-state index contributed by atoms with van der Waals surface area (Å²) in [6.07, 6.45) is 11.3. The van der Waals surface area contributed by atoms with Crippen LogP contribution in [0.1, 0.15) is 60.9 Å². The van der Waals surface area contributed by atoms with Crippen molar-refractivity contribution in [1.82, 2.24) is 15.6 Å². The van der Waals surface area contributed by atoms with Gasteiger partial charge in [-0.25, -0.2) is 0 Å². The van der Waals surface area contributed by atoms with Crippen molar-refractivity contribution in [3.8, 4) is 0 Å². The maximum atomic E-state index is 12.6. The molecule has 34 heavy (non-hydrogen) atoms. The van der Waals surface area contributed by atoms with Crippen molar-refractivity contribution in [3.63, 3.8) is 0 Å². The number of carbonyl (C=O) groups is 3. The fourth-order valence-corrected chi connectivity index (χ4v) is 6.82. The monoisotopic (exact) mass is 460 g/mol. The molecule has 0 atom stereocenters. The van der Waals surface area contributed by atoms with Gasteiger partial charge in [0, 0.05) is 36.6 Å². The first kappa shape index (κ1) is 22.6. The Hall–Kier alpha value is -3.22. The molecule has 4 aliphatic rings. The highest BCUT2D eigenvalue weighted by Gasteiger charge is 2.51. The van der Waals surface area contributed by atoms with E-state index < -0.39 is 0 Å². The lowest BCUT2D eigenvalue weighted by Gasteiger charge is -2.56. The first-order valence-electron chi connectivity index (χ1n) is 12.3. The van der Waals surface area contributed by atoms with Crippen LogP contribution in [0.5, 0.6) is 0 Å². The molecule has 0 aliphatic heterocycles. The first-order chi connectivity index (χ1) is 16.5. The lowest BCUT2D eigenvalue weighted by atomic mass is 9.49. The number of amides is 3. The molecule has 4 bridgehead atoms. The number of rotatable bonds is 8. The maximum Gasteiger partial charge on any atom is 0.255 e. The van der Waals surface area contributed by atoms with Gasteiger partial charge in [-0.3, -0.25) is 19.4 Å². The molecule has 7 heteroatoms. The lowest BCUT2D eigenvalue weighted by Crippen LogP contribution is -2.48. The zero-order valence-electron chi connectivity index (χ0n) is 19.4. The summed E-state index contributed by atoms with van der Waals surface area (Å²) in [6.45, 7) is 0.312. The van der Waals surface area contributed by atoms with Gasteiger partial charge in [-0.15, -0.1) is 0 Å². The molecule has 1 aromatic heterocycles. The Labute approximate surface area is 200 Å². The van der Waals surface area contributed by atoms with Crippen LogP contribution in [0.3, 0.4) is 0 Å². The second-order valence-electron chi connectivity index (χ2n) is 10.5. The minimum Gasteiger partial charge on any atom is -0.350 e. The fraction of sp³-hybridized carbons (Fsp3) is 0.481. The molecule has 178 valence electrons. The third-order valence-corrected chi connectivity index (χ3v) is 7.76. The molecule has 6 rings (SSSR count). The van der Waals surface area contributed by atoms with Crippen molar-refractivity contribution >= 4 is 23.4 Å². The van der Waals surface area contributed by atoms with Gasteiger partial charge in [0.1, 0.15) is 0 Å². The normalized spacial score (nSPS) is 26.6. The van der Waals surface area contributed by atoms with Crippen LogP contribution in [0.25, 0.3) is 0 Å². The Morgan fingerprint density at radius 2 is 1.56 bits per heavy atom. The highest BCUT2D eigenvalue weighted by Crippen LogP contribution is 2.61. The third-order valence-electron chi connectivity index (χ3n) is 7.76. The number of carbonyl (C=O) groups excluding carboxylic acids is 3. The van der Waals surface area contributed by atoms with Crippen LogP contribution in [0.15, 0.2) is 48.8 Å². The average molecular weight is 461 g/mol. The van der Waals surface area contributed by atoms with Gasteiger partial charge in [-0.2, -0.15) is 0 Å². The SMILES string of the molecule is O=C(CNC(=O)CC12CC3CC(CC(C3)C1)C2)NCc1cccc(NC(=O)c2ccncc2)c1. The number of nitrogens with one attached hydrogen (secondary N) is 3. The predicted molar refractivity (Wildman–Crippen MR) is 129 cm³/mol. The molecule has 0 saturated heterocycles. The Morgan fingerprint density at radius 3 is 2.24 bits per heavy atom. The van der Waals surface area contributed by atoms with Crippen molar-refractivity contribution in [2.24, 2.45) is 23.2 Å². The predicted octanol–water partition coefficient (Wildman–Crippen LogP) is 3.67. The molecule has 1 aromatic carbocycles. The van der Waals surface area contributed by atoms with E-state index in [0.29, 0.717) is 24.2 Å². The third kappa shape index (κ3) is 5.29. The first-order valence-corrected chi connectivity index (χ1v) is 12.3. The van der Waals surface area contributed by atoms with Gasteiger partial charge in [0.05, 0.1) is 6.54 Å². The number of hydrogen-bond donors (Lipinski definition) is 3. The topological polar surface area (TPSA) is 100 Å². The molecule has 2 aromatic rings. The summed E-state index contributed by atoms with van der Waals surface area (Å²) in [5, 5.41) is 8.54. The molecule has 4 aliphatic carbocycles. The summed E-state index contributed by atoms with van der Waals surface area (Å²) in [5.74, 6) is 2.00. The number of nitrogens with zero attached hydrogens (tertiary/aromatic N) is 1. The van der Waals surface area contributed by atoms with Crippen molar-refractivity contribution < 1.29 is 14.4 Å². The Balaban J connectivity index is 1.06. The largest absolute Gasteiger partial charge is 0.350 e. The van der Waals surface area contributed by atoms with Gasteiger partial charge in [0.15, 0.2) is 0 Å². The quantitative estimate of drug-likeness (QED) is 0.560. The molecule has 0 spiro atoms. The van der Waals surface area contributed by atoms with Crippen LogP contribution >= 0.6 is 0 Å². The van der Waals surface area contributed by atoms with Crippen LogP contribution in [0.4, 0.5) is 5.69 Å². The fourth-order valence-electron chi connectivity index (χ4n) is 6.82. The van der Waals surface area contributed by atoms with Gasteiger partial charge in [-0.05, 0) is 91.5 Å². The number of aromatic nitrogens is 1. The molecule has 4 fully saturated rings. The summed E-state index contributed by atoms with van der Waals surface area (Å²) in [7, 11) is 0. The molecule has 3 N–H and O–H groups in total. The minimum absolute atomic E-state index is 0.00192. The summed E-state index contributed by atoms with van der Waals surface area (Å²) < 4.78 is 0. The molecule has 3 amide bonds. The number of pyridine rings is 1. The molecule has 0 radical (unpaired) electrons. The van der Waals surface area contributed by atoms with Crippen LogP contribution in [-0.2, 0) is 16.1 Å². The van der Waals surface area contributed by atoms with Gasteiger partial charge in [0.25, 0.3) is 5.91 Å².